The second-order valence-electron chi connectivity index (χ2n) is 7.09. The predicted molar refractivity (Wildman–Crippen MR) is 98.7 cm³/mol. The highest BCUT2D eigenvalue weighted by atomic mass is 19.4. The fourth-order valence-corrected chi connectivity index (χ4v) is 3.71. The van der Waals surface area contributed by atoms with E-state index in [4.69, 9.17) is 4.52 Å². The van der Waals surface area contributed by atoms with E-state index in [1.54, 1.807) is 25.1 Å². The number of hydrogen-bond acceptors (Lipinski definition) is 4. The third kappa shape index (κ3) is 3.46. The van der Waals surface area contributed by atoms with Crippen LogP contribution in [0.25, 0.3) is 0 Å². The van der Waals surface area contributed by atoms with Crippen molar-refractivity contribution in [2.45, 2.75) is 32.0 Å². The molecule has 5 nitrogen and oxygen atoms in total. The molecule has 1 amide bonds. The van der Waals surface area contributed by atoms with Crippen LogP contribution >= 0.6 is 0 Å². The first-order chi connectivity index (χ1) is 13.7. The molecule has 0 saturated heterocycles. The van der Waals surface area contributed by atoms with Crippen LogP contribution in [0.2, 0.25) is 0 Å². The Morgan fingerprint density at radius 3 is 2.45 bits per heavy atom. The van der Waals surface area contributed by atoms with Gasteiger partial charge in [-0.25, -0.2) is 0 Å². The number of hydrogen-bond donors (Lipinski definition) is 1. The van der Waals surface area contributed by atoms with E-state index in [0.29, 0.717) is 28.3 Å². The van der Waals surface area contributed by atoms with E-state index < -0.39 is 11.8 Å². The summed E-state index contributed by atoms with van der Waals surface area (Å²) in [5, 5.41) is 6.77. The van der Waals surface area contributed by atoms with Crippen LogP contribution in [0, 0.1) is 13.8 Å². The molecule has 1 atom stereocenters. The minimum Gasteiger partial charge on any atom is -0.406 e. The molecule has 1 aliphatic rings. The lowest BCUT2D eigenvalue weighted by atomic mass is 9.72. The summed E-state index contributed by atoms with van der Waals surface area (Å²) < 4.78 is 47.5. The zero-order valence-electron chi connectivity index (χ0n) is 15.6. The third-order valence-electron chi connectivity index (χ3n) is 4.99. The lowest BCUT2D eigenvalue weighted by Crippen LogP contribution is -2.38. The van der Waals surface area contributed by atoms with Crippen molar-refractivity contribution in [1.29, 1.82) is 0 Å². The molecule has 0 fully saturated rings. The van der Waals surface area contributed by atoms with Gasteiger partial charge in [-0.15, -0.1) is 13.2 Å². The van der Waals surface area contributed by atoms with Gasteiger partial charge in [-0.05, 0) is 43.2 Å². The summed E-state index contributed by atoms with van der Waals surface area (Å²) in [4.78, 5) is 13.2. The zero-order chi connectivity index (χ0) is 20.8. The first-order valence-corrected chi connectivity index (χ1v) is 8.88. The number of anilines is 1. The quantitative estimate of drug-likeness (QED) is 0.689. The second kappa shape index (κ2) is 6.65. The van der Waals surface area contributed by atoms with Crippen LogP contribution < -0.4 is 10.1 Å². The minimum absolute atomic E-state index is 0.127. The number of ether oxygens (including phenoxy) is 1. The summed E-state index contributed by atoms with van der Waals surface area (Å²) in [6.45, 7) is 3.64. The van der Waals surface area contributed by atoms with E-state index in [-0.39, 0.29) is 18.1 Å². The Morgan fingerprint density at radius 2 is 1.83 bits per heavy atom. The normalized spacial score (nSPS) is 18.4. The van der Waals surface area contributed by atoms with E-state index >= 15 is 0 Å². The molecule has 29 heavy (non-hydrogen) atoms. The van der Waals surface area contributed by atoms with Gasteiger partial charge in [0.2, 0.25) is 5.91 Å². The van der Waals surface area contributed by atoms with Crippen LogP contribution in [-0.2, 0) is 16.6 Å². The largest absolute Gasteiger partial charge is 0.573 e. The van der Waals surface area contributed by atoms with Gasteiger partial charge < -0.3 is 14.6 Å². The number of aryl methyl sites for hydroxylation is 2. The van der Waals surface area contributed by atoms with Gasteiger partial charge in [0, 0.05) is 18.2 Å². The third-order valence-corrected chi connectivity index (χ3v) is 4.99. The Morgan fingerprint density at radius 1 is 1.10 bits per heavy atom. The van der Waals surface area contributed by atoms with Crippen molar-refractivity contribution < 1.29 is 27.2 Å². The molecular weight excluding hydrogens is 385 g/mol. The number of amides is 1. The molecule has 1 aromatic heterocycles. The van der Waals surface area contributed by atoms with E-state index in [0.717, 1.165) is 5.56 Å². The lowest BCUT2D eigenvalue weighted by Gasteiger charge is -2.28. The van der Waals surface area contributed by atoms with Gasteiger partial charge >= 0.3 is 6.36 Å². The van der Waals surface area contributed by atoms with E-state index in [2.05, 4.69) is 15.2 Å². The van der Waals surface area contributed by atoms with Crippen molar-refractivity contribution in [3.8, 4) is 5.75 Å². The SMILES string of the molecule is Cc1ccc(C2(Cc3cc(C)on3)C(=O)Nc3ccc(OC(F)(F)F)cc32)cc1. The fraction of sp³-hybridized carbons (Fsp3) is 0.238. The number of rotatable bonds is 4. The Bertz CT molecular complexity index is 1070. The van der Waals surface area contributed by atoms with Crippen molar-refractivity contribution in [2.24, 2.45) is 0 Å². The van der Waals surface area contributed by atoms with Crippen LogP contribution in [0.3, 0.4) is 0 Å². The van der Waals surface area contributed by atoms with Gasteiger partial charge in [0.05, 0.1) is 5.69 Å². The van der Waals surface area contributed by atoms with Crippen molar-refractivity contribution in [3.05, 3.63) is 76.7 Å². The highest BCUT2D eigenvalue weighted by Gasteiger charge is 2.49. The van der Waals surface area contributed by atoms with E-state index in [1.807, 2.05) is 19.1 Å². The maximum atomic E-state index is 13.2. The summed E-state index contributed by atoms with van der Waals surface area (Å²) >= 11 is 0. The van der Waals surface area contributed by atoms with Gasteiger partial charge in [0.1, 0.15) is 16.9 Å². The molecule has 0 bridgehead atoms. The Labute approximate surface area is 164 Å². The molecule has 1 aliphatic heterocycles. The summed E-state index contributed by atoms with van der Waals surface area (Å²) in [6.07, 6.45) is -4.71. The van der Waals surface area contributed by atoms with Crippen LogP contribution in [-0.4, -0.2) is 17.4 Å². The van der Waals surface area contributed by atoms with Crippen molar-refractivity contribution in [3.63, 3.8) is 0 Å². The van der Waals surface area contributed by atoms with Gasteiger partial charge in [0.15, 0.2) is 0 Å². The van der Waals surface area contributed by atoms with Crippen LogP contribution in [0.4, 0.5) is 18.9 Å². The molecule has 3 aromatic rings. The smallest absolute Gasteiger partial charge is 0.406 e. The van der Waals surface area contributed by atoms with Crippen molar-refractivity contribution >= 4 is 11.6 Å². The average Bonchev–Trinajstić information content (AvgIpc) is 3.16. The molecule has 2 heterocycles. The average molecular weight is 402 g/mol. The van der Waals surface area contributed by atoms with Gasteiger partial charge in [-0.1, -0.05) is 35.0 Å². The fourth-order valence-electron chi connectivity index (χ4n) is 3.71. The molecule has 2 aromatic carbocycles. The minimum atomic E-state index is -4.83. The Balaban J connectivity index is 1.90. The maximum absolute atomic E-state index is 13.2. The zero-order valence-corrected chi connectivity index (χ0v) is 15.6. The number of aromatic nitrogens is 1. The van der Waals surface area contributed by atoms with Gasteiger partial charge in [0.25, 0.3) is 0 Å². The number of halogens is 3. The van der Waals surface area contributed by atoms with Crippen LogP contribution in [0.1, 0.15) is 28.1 Å². The first kappa shape index (κ1) is 19.0. The molecule has 0 aliphatic carbocycles. The first-order valence-electron chi connectivity index (χ1n) is 8.88. The molecule has 150 valence electrons. The summed E-state index contributed by atoms with van der Waals surface area (Å²) in [6, 6.07) is 12.9. The Kier molecular flexibility index (Phi) is 4.37. The highest BCUT2D eigenvalue weighted by Crippen LogP contribution is 2.47. The molecule has 0 spiro atoms. The topological polar surface area (TPSA) is 64.4 Å². The van der Waals surface area contributed by atoms with Crippen molar-refractivity contribution in [1.82, 2.24) is 5.16 Å². The number of nitrogens with one attached hydrogen (secondary N) is 1. The predicted octanol–water partition coefficient (Wildman–Crippen LogP) is 4.67. The molecule has 0 radical (unpaired) electrons. The monoisotopic (exact) mass is 402 g/mol. The Hall–Kier alpha value is -3.29. The van der Waals surface area contributed by atoms with Crippen LogP contribution in [0.5, 0.6) is 5.75 Å². The maximum Gasteiger partial charge on any atom is 0.573 e. The molecule has 4 rings (SSSR count). The number of alkyl halides is 3. The lowest BCUT2D eigenvalue weighted by molar-refractivity contribution is -0.274. The van der Waals surface area contributed by atoms with Crippen molar-refractivity contribution in [2.75, 3.05) is 5.32 Å². The van der Waals surface area contributed by atoms with Gasteiger partial charge in [-0.3, -0.25) is 4.79 Å². The van der Waals surface area contributed by atoms with Gasteiger partial charge in [-0.2, -0.15) is 0 Å². The molecule has 8 heteroatoms. The molecule has 0 saturated carbocycles. The second-order valence-corrected chi connectivity index (χ2v) is 7.09. The standard InChI is InChI=1S/C21H17F3N2O3/c1-12-3-5-14(6-4-12)20(11-15-9-13(2)29-26-15)17-10-16(28-21(22,23)24)7-8-18(17)25-19(20)27/h3-10H,11H2,1-2H3,(H,25,27). The van der Waals surface area contributed by atoms with E-state index in [1.165, 1.54) is 18.2 Å². The number of nitrogens with zero attached hydrogens (tertiary/aromatic N) is 1. The number of carbonyl (C=O) groups is 1. The van der Waals surface area contributed by atoms with E-state index in [9.17, 15) is 18.0 Å². The summed E-state index contributed by atoms with van der Waals surface area (Å²) in [5.74, 6) is -0.159. The highest BCUT2D eigenvalue weighted by molar-refractivity contribution is 6.09. The molecular formula is C21H17F3N2O3. The number of carbonyl (C=O) groups excluding carboxylic acids is 1. The molecule has 1 unspecified atom stereocenters. The number of fused-ring (bicyclic) bond motifs is 1. The van der Waals surface area contributed by atoms with Crippen LogP contribution in [0.15, 0.2) is 53.1 Å². The summed E-state index contributed by atoms with van der Waals surface area (Å²) in [7, 11) is 0. The molecule has 1 N–H and O–H groups in total. The summed E-state index contributed by atoms with van der Waals surface area (Å²) in [5.41, 5.74) is 1.72. The number of benzene rings is 2.